The Bertz CT molecular complexity index is 763. The molecule has 1 amide bonds. The maximum Gasteiger partial charge on any atom is 0.261 e. The third-order valence-electron chi connectivity index (χ3n) is 4.48. The van der Waals surface area contributed by atoms with Crippen molar-refractivity contribution in [1.29, 1.82) is 0 Å². The summed E-state index contributed by atoms with van der Waals surface area (Å²) in [5.74, 6) is 0.336. The molecule has 1 fully saturated rings. The number of benzene rings is 2. The van der Waals surface area contributed by atoms with E-state index >= 15 is 0 Å². The molecule has 1 heterocycles. The molecule has 2 aromatic carbocycles. The van der Waals surface area contributed by atoms with Gasteiger partial charge in [-0.1, -0.05) is 48.0 Å². The van der Waals surface area contributed by atoms with Crippen molar-refractivity contribution in [2.75, 3.05) is 26.3 Å². The number of nitrogens with zero attached hydrogens (tertiary/aromatic N) is 1. The molecule has 0 radical (unpaired) electrons. The number of ether oxygens (including phenoxy) is 2. The van der Waals surface area contributed by atoms with E-state index < -0.39 is 6.10 Å². The Labute approximate surface area is 165 Å². The number of nitrogens with one attached hydrogen (secondary N) is 1. The standard InChI is InChI=1S/C21H25ClN2O3/c1-16(27-20-8-3-2-7-19(20)22)21(25)23-14-17-5-4-6-18(13-17)15-24-9-11-26-12-10-24/h2-8,13,16H,9-12,14-15H2,1H3,(H,23,25)/t16-/m0/s1. The van der Waals surface area contributed by atoms with Crippen LogP contribution in [0.5, 0.6) is 5.75 Å². The fourth-order valence-electron chi connectivity index (χ4n) is 2.97. The number of carbonyl (C=O) groups is 1. The van der Waals surface area contributed by atoms with Crippen LogP contribution < -0.4 is 10.1 Å². The number of amides is 1. The maximum absolute atomic E-state index is 12.3. The van der Waals surface area contributed by atoms with Gasteiger partial charge in [0.25, 0.3) is 5.91 Å². The molecule has 1 atom stereocenters. The van der Waals surface area contributed by atoms with Crippen LogP contribution in [-0.2, 0) is 22.6 Å². The van der Waals surface area contributed by atoms with Gasteiger partial charge in [-0.25, -0.2) is 0 Å². The van der Waals surface area contributed by atoms with E-state index in [1.54, 1.807) is 19.1 Å². The number of halogens is 1. The third-order valence-corrected chi connectivity index (χ3v) is 4.79. The lowest BCUT2D eigenvalue weighted by Crippen LogP contribution is -2.36. The van der Waals surface area contributed by atoms with Crippen LogP contribution in [0, 0.1) is 0 Å². The molecular formula is C21H25ClN2O3. The first-order valence-corrected chi connectivity index (χ1v) is 9.56. The highest BCUT2D eigenvalue weighted by atomic mass is 35.5. The topological polar surface area (TPSA) is 50.8 Å². The number of rotatable bonds is 7. The Kier molecular flexibility index (Phi) is 7.10. The first kappa shape index (κ1) is 19.7. The van der Waals surface area contributed by atoms with E-state index in [2.05, 4.69) is 22.3 Å². The molecule has 3 rings (SSSR count). The van der Waals surface area contributed by atoms with Crippen LogP contribution >= 0.6 is 11.6 Å². The van der Waals surface area contributed by atoms with Crippen molar-refractivity contribution in [3.63, 3.8) is 0 Å². The summed E-state index contributed by atoms with van der Waals surface area (Å²) in [7, 11) is 0. The number of hydrogen-bond donors (Lipinski definition) is 1. The summed E-state index contributed by atoms with van der Waals surface area (Å²) in [5.41, 5.74) is 2.31. The quantitative estimate of drug-likeness (QED) is 0.791. The van der Waals surface area contributed by atoms with Crippen molar-refractivity contribution < 1.29 is 14.3 Å². The molecule has 0 bridgehead atoms. The Hall–Kier alpha value is -2.08. The molecule has 27 heavy (non-hydrogen) atoms. The van der Waals surface area contributed by atoms with Crippen molar-refractivity contribution in [3.8, 4) is 5.75 Å². The molecule has 0 aromatic heterocycles. The van der Waals surface area contributed by atoms with Gasteiger partial charge in [-0.15, -0.1) is 0 Å². The fourth-order valence-corrected chi connectivity index (χ4v) is 3.15. The summed E-state index contributed by atoms with van der Waals surface area (Å²) in [4.78, 5) is 14.7. The summed E-state index contributed by atoms with van der Waals surface area (Å²) in [6, 6.07) is 15.4. The van der Waals surface area contributed by atoms with Gasteiger partial charge in [0.15, 0.2) is 6.10 Å². The normalized spacial score (nSPS) is 15.9. The molecular weight excluding hydrogens is 364 g/mol. The van der Waals surface area contributed by atoms with Gasteiger partial charge in [0.05, 0.1) is 18.2 Å². The van der Waals surface area contributed by atoms with E-state index in [9.17, 15) is 4.79 Å². The van der Waals surface area contributed by atoms with Gasteiger partial charge in [-0.2, -0.15) is 0 Å². The van der Waals surface area contributed by atoms with Crippen LogP contribution in [-0.4, -0.2) is 43.2 Å². The highest BCUT2D eigenvalue weighted by Gasteiger charge is 2.16. The Morgan fingerprint density at radius 3 is 2.70 bits per heavy atom. The number of carbonyl (C=O) groups excluding carboxylic acids is 1. The van der Waals surface area contributed by atoms with Crippen LogP contribution in [0.25, 0.3) is 0 Å². The minimum absolute atomic E-state index is 0.173. The molecule has 0 aliphatic carbocycles. The van der Waals surface area contributed by atoms with Crippen LogP contribution in [0.2, 0.25) is 5.02 Å². The summed E-state index contributed by atoms with van der Waals surface area (Å²) in [6.07, 6.45) is -0.624. The van der Waals surface area contributed by atoms with Crippen molar-refractivity contribution >= 4 is 17.5 Å². The summed E-state index contributed by atoms with van der Waals surface area (Å²) >= 11 is 6.07. The van der Waals surface area contributed by atoms with Gasteiger partial charge < -0.3 is 14.8 Å². The van der Waals surface area contributed by atoms with Gasteiger partial charge in [0.1, 0.15) is 5.75 Å². The summed E-state index contributed by atoms with van der Waals surface area (Å²) in [5, 5.41) is 3.42. The van der Waals surface area contributed by atoms with Crippen molar-refractivity contribution in [1.82, 2.24) is 10.2 Å². The van der Waals surface area contributed by atoms with Crippen LogP contribution in [0.15, 0.2) is 48.5 Å². The Morgan fingerprint density at radius 1 is 1.19 bits per heavy atom. The second kappa shape index (κ2) is 9.74. The van der Waals surface area contributed by atoms with E-state index in [-0.39, 0.29) is 5.91 Å². The average molecular weight is 389 g/mol. The fraction of sp³-hybridized carbons (Fsp3) is 0.381. The van der Waals surface area contributed by atoms with Crippen molar-refractivity contribution in [2.24, 2.45) is 0 Å². The SMILES string of the molecule is C[C@H](Oc1ccccc1Cl)C(=O)NCc1cccc(CN2CCOCC2)c1. The average Bonchev–Trinajstić information content (AvgIpc) is 2.69. The van der Waals surface area contributed by atoms with E-state index in [1.807, 2.05) is 24.3 Å². The monoisotopic (exact) mass is 388 g/mol. The molecule has 1 aliphatic heterocycles. The van der Waals surface area contributed by atoms with Gasteiger partial charge in [-0.05, 0) is 30.2 Å². The molecule has 144 valence electrons. The molecule has 1 N–H and O–H groups in total. The molecule has 0 saturated carbocycles. The highest BCUT2D eigenvalue weighted by molar-refractivity contribution is 6.32. The van der Waals surface area contributed by atoms with Crippen LogP contribution in [0.1, 0.15) is 18.1 Å². The lowest BCUT2D eigenvalue weighted by atomic mass is 10.1. The second-order valence-corrected chi connectivity index (χ2v) is 7.02. The molecule has 0 unspecified atom stereocenters. The van der Waals surface area contributed by atoms with Gasteiger partial charge >= 0.3 is 0 Å². The lowest BCUT2D eigenvalue weighted by molar-refractivity contribution is -0.127. The van der Waals surface area contributed by atoms with Crippen molar-refractivity contribution in [3.05, 3.63) is 64.7 Å². The minimum Gasteiger partial charge on any atom is -0.479 e. The predicted molar refractivity (Wildman–Crippen MR) is 106 cm³/mol. The Morgan fingerprint density at radius 2 is 1.93 bits per heavy atom. The maximum atomic E-state index is 12.3. The zero-order chi connectivity index (χ0) is 19.1. The van der Waals surface area contributed by atoms with E-state index in [0.29, 0.717) is 17.3 Å². The minimum atomic E-state index is -0.624. The largest absolute Gasteiger partial charge is 0.479 e. The van der Waals surface area contributed by atoms with E-state index in [4.69, 9.17) is 21.1 Å². The van der Waals surface area contributed by atoms with E-state index in [1.165, 1.54) is 5.56 Å². The molecule has 1 aliphatic rings. The van der Waals surface area contributed by atoms with Gasteiger partial charge in [0, 0.05) is 26.2 Å². The predicted octanol–water partition coefficient (Wildman–Crippen LogP) is 3.26. The first-order valence-electron chi connectivity index (χ1n) is 9.18. The summed E-state index contributed by atoms with van der Waals surface area (Å²) < 4.78 is 11.0. The Balaban J connectivity index is 1.50. The first-order chi connectivity index (χ1) is 13.1. The molecule has 5 nitrogen and oxygen atoms in total. The second-order valence-electron chi connectivity index (χ2n) is 6.62. The summed E-state index contributed by atoms with van der Waals surface area (Å²) in [6.45, 7) is 6.57. The van der Waals surface area contributed by atoms with Crippen LogP contribution in [0.4, 0.5) is 0 Å². The zero-order valence-corrected chi connectivity index (χ0v) is 16.2. The molecule has 2 aromatic rings. The van der Waals surface area contributed by atoms with Crippen LogP contribution in [0.3, 0.4) is 0 Å². The number of hydrogen-bond acceptors (Lipinski definition) is 4. The zero-order valence-electron chi connectivity index (χ0n) is 15.5. The molecule has 0 spiro atoms. The lowest BCUT2D eigenvalue weighted by Gasteiger charge is -2.26. The highest BCUT2D eigenvalue weighted by Crippen LogP contribution is 2.24. The molecule has 6 heteroatoms. The van der Waals surface area contributed by atoms with Crippen molar-refractivity contribution in [2.45, 2.75) is 26.1 Å². The van der Waals surface area contributed by atoms with Gasteiger partial charge in [0.2, 0.25) is 0 Å². The molecule has 1 saturated heterocycles. The van der Waals surface area contributed by atoms with E-state index in [0.717, 1.165) is 38.4 Å². The smallest absolute Gasteiger partial charge is 0.261 e. The third kappa shape index (κ3) is 5.96. The van der Waals surface area contributed by atoms with Gasteiger partial charge in [-0.3, -0.25) is 9.69 Å². The number of morpholine rings is 1. The number of para-hydroxylation sites is 1.